The van der Waals surface area contributed by atoms with Crippen molar-refractivity contribution in [3.63, 3.8) is 0 Å². The van der Waals surface area contributed by atoms with E-state index in [4.69, 9.17) is 0 Å². The minimum atomic E-state index is 0.669. The van der Waals surface area contributed by atoms with Gasteiger partial charge in [0.1, 0.15) is 0 Å². The summed E-state index contributed by atoms with van der Waals surface area (Å²) in [5.74, 6) is 0.669. The Morgan fingerprint density at radius 1 is 1.12 bits per heavy atom. The van der Waals surface area contributed by atoms with Crippen molar-refractivity contribution in [1.29, 1.82) is 0 Å². The van der Waals surface area contributed by atoms with E-state index in [1.165, 1.54) is 44.6 Å². The van der Waals surface area contributed by atoms with Gasteiger partial charge in [0.25, 0.3) is 0 Å². The number of piperazine rings is 1. The lowest BCUT2D eigenvalue weighted by Gasteiger charge is -2.36. The lowest BCUT2D eigenvalue weighted by molar-refractivity contribution is 0.182. The Bertz CT molecular complexity index is 294. The minimum Gasteiger partial charge on any atom is -0.372 e. The van der Waals surface area contributed by atoms with Crippen LogP contribution in [0.5, 0.6) is 0 Å². The molecule has 0 aromatic heterocycles. The van der Waals surface area contributed by atoms with Gasteiger partial charge < -0.3 is 9.80 Å². The highest BCUT2D eigenvalue weighted by Gasteiger charge is 2.18. The second-order valence-corrected chi connectivity index (χ2v) is 5.32. The van der Waals surface area contributed by atoms with E-state index >= 15 is 0 Å². The van der Waals surface area contributed by atoms with Crippen molar-refractivity contribution in [1.82, 2.24) is 9.80 Å². The van der Waals surface area contributed by atoms with Gasteiger partial charge in [-0.15, -0.1) is 0 Å². The normalized spacial score (nSPS) is 23.4. The SMILES string of the molecule is CC(C)C1=CCCC(N2CCN(C)CC2)=C1. The van der Waals surface area contributed by atoms with Crippen molar-refractivity contribution < 1.29 is 0 Å². The summed E-state index contributed by atoms with van der Waals surface area (Å²) in [5, 5.41) is 0. The number of rotatable bonds is 2. The number of nitrogens with zero attached hydrogens (tertiary/aromatic N) is 2. The van der Waals surface area contributed by atoms with E-state index in [2.05, 4.69) is 42.8 Å². The van der Waals surface area contributed by atoms with Gasteiger partial charge in [-0.05, 0) is 37.5 Å². The van der Waals surface area contributed by atoms with Crippen molar-refractivity contribution in [2.45, 2.75) is 26.7 Å². The molecule has 1 fully saturated rings. The highest BCUT2D eigenvalue weighted by Crippen LogP contribution is 2.25. The van der Waals surface area contributed by atoms with Crippen LogP contribution in [0.4, 0.5) is 0 Å². The van der Waals surface area contributed by atoms with Crippen molar-refractivity contribution in [3.8, 4) is 0 Å². The number of allylic oxidation sites excluding steroid dienone is 4. The fourth-order valence-corrected chi connectivity index (χ4v) is 2.46. The first-order valence-corrected chi connectivity index (χ1v) is 6.51. The molecule has 1 saturated heterocycles. The lowest BCUT2D eigenvalue weighted by atomic mass is 9.95. The van der Waals surface area contributed by atoms with Gasteiger partial charge in [0, 0.05) is 31.9 Å². The van der Waals surface area contributed by atoms with Crippen LogP contribution < -0.4 is 0 Å². The number of hydrogen-bond donors (Lipinski definition) is 0. The summed E-state index contributed by atoms with van der Waals surface area (Å²) >= 11 is 0. The van der Waals surface area contributed by atoms with E-state index in [9.17, 15) is 0 Å². The Hall–Kier alpha value is -0.760. The molecule has 0 aromatic rings. The van der Waals surface area contributed by atoms with Crippen molar-refractivity contribution in [2.24, 2.45) is 5.92 Å². The van der Waals surface area contributed by atoms with Gasteiger partial charge in [-0.2, -0.15) is 0 Å². The third kappa shape index (κ3) is 2.67. The quantitative estimate of drug-likeness (QED) is 0.705. The second kappa shape index (κ2) is 5.05. The molecule has 0 amide bonds. The second-order valence-electron chi connectivity index (χ2n) is 5.32. The molecule has 1 aliphatic carbocycles. The van der Waals surface area contributed by atoms with Crippen molar-refractivity contribution in [3.05, 3.63) is 23.4 Å². The van der Waals surface area contributed by atoms with Crippen LogP contribution in [0.25, 0.3) is 0 Å². The molecule has 0 saturated carbocycles. The standard InChI is InChI=1S/C14H24N2/c1-12(2)13-5-4-6-14(11-13)16-9-7-15(3)8-10-16/h5,11-12H,4,6-10H2,1-3H3. The van der Waals surface area contributed by atoms with Crippen molar-refractivity contribution >= 4 is 0 Å². The minimum absolute atomic E-state index is 0.669. The highest BCUT2D eigenvalue weighted by atomic mass is 15.2. The topological polar surface area (TPSA) is 6.48 Å². The maximum atomic E-state index is 2.58. The van der Waals surface area contributed by atoms with Crippen molar-refractivity contribution in [2.75, 3.05) is 33.2 Å². The molecule has 0 N–H and O–H groups in total. The van der Waals surface area contributed by atoms with Gasteiger partial charge in [-0.25, -0.2) is 0 Å². The van der Waals surface area contributed by atoms with E-state index in [-0.39, 0.29) is 0 Å². The van der Waals surface area contributed by atoms with Crippen LogP contribution in [0.1, 0.15) is 26.7 Å². The zero-order valence-electron chi connectivity index (χ0n) is 10.9. The third-order valence-electron chi connectivity index (χ3n) is 3.69. The van der Waals surface area contributed by atoms with Gasteiger partial charge in [0.15, 0.2) is 0 Å². The van der Waals surface area contributed by atoms with Crippen LogP contribution in [-0.4, -0.2) is 43.0 Å². The third-order valence-corrected chi connectivity index (χ3v) is 3.69. The monoisotopic (exact) mass is 220 g/mol. The van der Waals surface area contributed by atoms with Crippen LogP contribution in [0.15, 0.2) is 23.4 Å². The molecule has 0 unspecified atom stereocenters. The zero-order valence-corrected chi connectivity index (χ0v) is 10.9. The molecule has 0 bridgehead atoms. The van der Waals surface area contributed by atoms with Gasteiger partial charge in [0.2, 0.25) is 0 Å². The van der Waals surface area contributed by atoms with Crippen LogP contribution >= 0.6 is 0 Å². The predicted molar refractivity (Wildman–Crippen MR) is 69.3 cm³/mol. The van der Waals surface area contributed by atoms with E-state index in [1.54, 1.807) is 5.70 Å². The summed E-state index contributed by atoms with van der Waals surface area (Å²) in [6, 6.07) is 0. The first-order chi connectivity index (χ1) is 7.66. The molecule has 2 heteroatoms. The summed E-state index contributed by atoms with van der Waals surface area (Å²) < 4.78 is 0. The Morgan fingerprint density at radius 3 is 2.44 bits per heavy atom. The molecule has 0 atom stereocenters. The van der Waals surface area contributed by atoms with Gasteiger partial charge in [-0.1, -0.05) is 19.9 Å². The fraction of sp³-hybridized carbons (Fsp3) is 0.714. The van der Waals surface area contributed by atoms with Gasteiger partial charge >= 0.3 is 0 Å². The fourth-order valence-electron chi connectivity index (χ4n) is 2.46. The highest BCUT2D eigenvalue weighted by molar-refractivity contribution is 5.28. The molecule has 1 aliphatic heterocycles. The van der Waals surface area contributed by atoms with E-state index in [1.807, 2.05) is 0 Å². The maximum absolute atomic E-state index is 2.58. The molecule has 90 valence electrons. The Labute approximate surface area is 99.6 Å². The van der Waals surface area contributed by atoms with E-state index < -0.39 is 0 Å². The smallest absolute Gasteiger partial charge is 0.0303 e. The molecular weight excluding hydrogens is 196 g/mol. The summed E-state index contributed by atoms with van der Waals surface area (Å²) in [5.41, 5.74) is 3.10. The molecule has 0 spiro atoms. The molecule has 0 radical (unpaired) electrons. The summed E-state index contributed by atoms with van der Waals surface area (Å²) in [4.78, 5) is 4.99. The Kier molecular flexibility index (Phi) is 3.70. The first-order valence-electron chi connectivity index (χ1n) is 6.51. The molecule has 1 heterocycles. The van der Waals surface area contributed by atoms with Crippen LogP contribution in [0, 0.1) is 5.92 Å². The van der Waals surface area contributed by atoms with E-state index in [0.717, 1.165) is 0 Å². The van der Waals surface area contributed by atoms with Crippen LogP contribution in [-0.2, 0) is 0 Å². The Balaban J connectivity index is 2.01. The molecule has 0 aromatic carbocycles. The average Bonchev–Trinajstić information content (AvgIpc) is 2.30. The van der Waals surface area contributed by atoms with Crippen LogP contribution in [0.2, 0.25) is 0 Å². The molecule has 16 heavy (non-hydrogen) atoms. The summed E-state index contributed by atoms with van der Waals surface area (Å²) in [7, 11) is 2.21. The molecule has 2 aliphatic rings. The predicted octanol–water partition coefficient (Wildman–Crippen LogP) is 2.49. The number of hydrogen-bond acceptors (Lipinski definition) is 2. The first kappa shape index (κ1) is 11.7. The number of likely N-dealkylation sites (N-methyl/N-ethyl adjacent to an activating group) is 1. The molecule has 2 rings (SSSR count). The van der Waals surface area contributed by atoms with Gasteiger partial charge in [-0.3, -0.25) is 0 Å². The molecular formula is C14H24N2. The zero-order chi connectivity index (χ0) is 11.5. The summed E-state index contributed by atoms with van der Waals surface area (Å²) in [6.07, 6.45) is 7.30. The molecule has 2 nitrogen and oxygen atoms in total. The Morgan fingerprint density at radius 2 is 1.81 bits per heavy atom. The summed E-state index contributed by atoms with van der Waals surface area (Å²) in [6.45, 7) is 9.39. The lowest BCUT2D eigenvalue weighted by Crippen LogP contribution is -2.44. The van der Waals surface area contributed by atoms with E-state index in [0.29, 0.717) is 5.92 Å². The largest absolute Gasteiger partial charge is 0.372 e. The maximum Gasteiger partial charge on any atom is 0.0303 e. The van der Waals surface area contributed by atoms with Crippen LogP contribution in [0.3, 0.4) is 0 Å². The average molecular weight is 220 g/mol. The van der Waals surface area contributed by atoms with Gasteiger partial charge in [0.05, 0.1) is 0 Å².